The zero-order chi connectivity index (χ0) is 39.6. The highest BCUT2D eigenvalue weighted by Crippen LogP contribution is 2.49. The maximum Gasteiger partial charge on any atom is 0.217 e. The predicted octanol–water partition coefficient (Wildman–Crippen LogP) is 13.0. The number of hydrogen-bond acceptors (Lipinski definition) is 4. The number of nitrogens with zero attached hydrogens (tertiary/aromatic N) is 3. The van der Waals surface area contributed by atoms with Gasteiger partial charge in [0.2, 0.25) is 5.90 Å². The SMILES string of the molecule is Cc1cc(Oc2ccc3c4cc(C(C)(C)C)ccc4n(-c4cc(C(C)(C)C)ccn4)c3c2)cc(C2=N[C@](C)(C(c3ccccc3)c3ccccc3)C(C)(C)O2)c1. The van der Waals surface area contributed by atoms with Crippen molar-refractivity contribution in [1.29, 1.82) is 0 Å². The molecule has 5 aromatic carbocycles. The molecule has 1 atom stereocenters. The first kappa shape index (κ1) is 37.3. The first-order chi connectivity index (χ1) is 26.5. The van der Waals surface area contributed by atoms with E-state index in [2.05, 4.69) is 201 Å². The van der Waals surface area contributed by atoms with Gasteiger partial charge in [0.05, 0.1) is 11.0 Å². The van der Waals surface area contributed by atoms with Crippen molar-refractivity contribution in [3.05, 3.63) is 167 Å². The molecule has 0 aliphatic carbocycles. The van der Waals surface area contributed by atoms with Crippen molar-refractivity contribution in [1.82, 2.24) is 9.55 Å². The molecular weight excluding hydrogens is 687 g/mol. The van der Waals surface area contributed by atoms with Crippen LogP contribution in [0.1, 0.15) is 102 Å². The molecule has 0 radical (unpaired) electrons. The van der Waals surface area contributed by atoms with E-state index in [1.165, 1.54) is 27.6 Å². The maximum atomic E-state index is 6.84. The van der Waals surface area contributed by atoms with Gasteiger partial charge in [-0.2, -0.15) is 0 Å². The third kappa shape index (κ3) is 6.67. The van der Waals surface area contributed by atoms with Crippen molar-refractivity contribution in [3.63, 3.8) is 0 Å². The number of pyridine rings is 1. The van der Waals surface area contributed by atoms with Crippen molar-refractivity contribution in [2.45, 2.75) is 97.1 Å². The molecule has 5 nitrogen and oxygen atoms in total. The van der Waals surface area contributed by atoms with Crippen LogP contribution >= 0.6 is 0 Å². The van der Waals surface area contributed by atoms with Gasteiger partial charge in [0.1, 0.15) is 28.5 Å². The van der Waals surface area contributed by atoms with E-state index in [1.54, 1.807) is 0 Å². The predicted molar refractivity (Wildman–Crippen MR) is 232 cm³/mol. The lowest BCUT2D eigenvalue weighted by atomic mass is 9.69. The van der Waals surface area contributed by atoms with Crippen LogP contribution in [0.4, 0.5) is 0 Å². The van der Waals surface area contributed by atoms with Crippen LogP contribution in [0.25, 0.3) is 27.6 Å². The minimum Gasteiger partial charge on any atom is -0.469 e. The van der Waals surface area contributed by atoms with E-state index in [0.717, 1.165) is 44.9 Å². The molecule has 56 heavy (non-hydrogen) atoms. The quantitative estimate of drug-likeness (QED) is 0.164. The number of aryl methyl sites for hydroxylation is 1. The van der Waals surface area contributed by atoms with Crippen molar-refractivity contribution >= 4 is 27.7 Å². The standard InChI is InChI=1S/C51H53N3O2/c1-33-27-36(47-53-51(10,50(8,9)56-47)46(34-17-13-11-14-18-34)35-19-15-12-16-20-35)29-40(28-33)55-39-22-23-41-42-30-37(48(2,3)4)21-24-43(42)54(44(41)32-39)45-31-38(25-26-52-45)49(5,6)7/h11-32,46H,1-10H3/t51-/m1/s1. The molecule has 0 amide bonds. The number of fused-ring (bicyclic) bond motifs is 3. The largest absolute Gasteiger partial charge is 0.469 e. The molecule has 3 heterocycles. The molecule has 5 heteroatoms. The smallest absolute Gasteiger partial charge is 0.217 e. The van der Waals surface area contributed by atoms with Crippen molar-refractivity contribution < 1.29 is 9.47 Å². The van der Waals surface area contributed by atoms with Crippen LogP contribution in [0.5, 0.6) is 11.5 Å². The highest BCUT2D eigenvalue weighted by molar-refractivity contribution is 6.10. The number of aliphatic imine (C=N–C) groups is 1. The van der Waals surface area contributed by atoms with Crippen LogP contribution in [-0.4, -0.2) is 26.6 Å². The monoisotopic (exact) mass is 739 g/mol. The third-order valence-electron chi connectivity index (χ3n) is 11.7. The number of hydrogen-bond donors (Lipinski definition) is 0. The zero-order valence-corrected chi connectivity index (χ0v) is 34.4. The summed E-state index contributed by atoms with van der Waals surface area (Å²) >= 11 is 0. The van der Waals surface area contributed by atoms with Gasteiger partial charge >= 0.3 is 0 Å². The Balaban J connectivity index is 1.21. The molecule has 284 valence electrons. The molecule has 0 saturated carbocycles. The topological polar surface area (TPSA) is 48.6 Å². The summed E-state index contributed by atoms with van der Waals surface area (Å²) < 4.78 is 15.9. The average Bonchev–Trinajstić information content (AvgIpc) is 3.60. The Bertz CT molecular complexity index is 2570. The van der Waals surface area contributed by atoms with E-state index >= 15 is 0 Å². The second-order valence-electron chi connectivity index (χ2n) is 18.2. The Hall–Kier alpha value is -5.68. The van der Waals surface area contributed by atoms with Crippen molar-refractivity contribution in [2.24, 2.45) is 4.99 Å². The summed E-state index contributed by atoms with van der Waals surface area (Å²) in [7, 11) is 0. The van der Waals surface area contributed by atoms with Crippen LogP contribution in [0.3, 0.4) is 0 Å². The van der Waals surface area contributed by atoms with Crippen molar-refractivity contribution in [3.8, 4) is 17.3 Å². The third-order valence-corrected chi connectivity index (χ3v) is 11.7. The highest BCUT2D eigenvalue weighted by atomic mass is 16.5. The van der Waals surface area contributed by atoms with Gasteiger partial charge in [-0.15, -0.1) is 0 Å². The van der Waals surface area contributed by atoms with Gasteiger partial charge < -0.3 is 9.47 Å². The first-order valence-electron chi connectivity index (χ1n) is 19.8. The fourth-order valence-electron chi connectivity index (χ4n) is 8.23. The summed E-state index contributed by atoms with van der Waals surface area (Å²) in [6.45, 7) is 22.1. The Morgan fingerprint density at radius 1 is 0.625 bits per heavy atom. The lowest BCUT2D eigenvalue weighted by Crippen LogP contribution is -2.49. The highest BCUT2D eigenvalue weighted by Gasteiger charge is 2.55. The maximum absolute atomic E-state index is 6.84. The Morgan fingerprint density at radius 2 is 1.27 bits per heavy atom. The Labute approximate surface area is 332 Å². The lowest BCUT2D eigenvalue weighted by Gasteiger charge is -2.41. The summed E-state index contributed by atoms with van der Waals surface area (Å²) in [4.78, 5) is 10.4. The number of benzene rings is 5. The molecule has 0 fully saturated rings. The second-order valence-corrected chi connectivity index (χ2v) is 18.2. The van der Waals surface area contributed by atoms with Crippen LogP contribution in [-0.2, 0) is 15.6 Å². The fraction of sp³-hybridized carbons (Fsp3) is 0.294. The molecule has 0 N–H and O–H groups in total. The number of rotatable bonds is 7. The molecule has 0 bridgehead atoms. The Morgan fingerprint density at radius 3 is 1.91 bits per heavy atom. The summed E-state index contributed by atoms with van der Waals surface area (Å²) in [6.07, 6.45) is 1.92. The molecule has 0 saturated heterocycles. The van der Waals surface area contributed by atoms with Crippen LogP contribution in [0.15, 0.2) is 139 Å². The van der Waals surface area contributed by atoms with Gasteiger partial charge in [-0.05, 0) is 121 Å². The van der Waals surface area contributed by atoms with Crippen LogP contribution in [0.2, 0.25) is 0 Å². The van der Waals surface area contributed by atoms with E-state index in [4.69, 9.17) is 19.5 Å². The van der Waals surface area contributed by atoms with E-state index in [0.29, 0.717) is 5.90 Å². The van der Waals surface area contributed by atoms with Crippen molar-refractivity contribution in [2.75, 3.05) is 0 Å². The summed E-state index contributed by atoms with van der Waals surface area (Å²) in [5, 5.41) is 2.36. The fourth-order valence-corrected chi connectivity index (χ4v) is 8.23. The molecular formula is C51H53N3O2. The molecule has 1 aliphatic heterocycles. The lowest BCUT2D eigenvalue weighted by molar-refractivity contribution is 0.0453. The summed E-state index contributed by atoms with van der Waals surface area (Å²) in [5.74, 6) is 2.97. The zero-order valence-electron chi connectivity index (χ0n) is 34.4. The second kappa shape index (κ2) is 13.5. The minimum atomic E-state index is -0.604. The first-order valence-corrected chi connectivity index (χ1v) is 19.8. The molecule has 0 spiro atoms. The Kier molecular flexibility index (Phi) is 8.99. The molecule has 2 aromatic heterocycles. The van der Waals surface area contributed by atoms with E-state index in [-0.39, 0.29) is 16.7 Å². The van der Waals surface area contributed by atoms with E-state index < -0.39 is 11.1 Å². The number of aromatic nitrogens is 2. The van der Waals surface area contributed by atoms with Gasteiger partial charge in [0.25, 0.3) is 0 Å². The summed E-state index contributed by atoms with van der Waals surface area (Å²) in [5.41, 5.74) is 7.86. The average molecular weight is 740 g/mol. The van der Waals surface area contributed by atoms with Gasteiger partial charge in [0.15, 0.2) is 0 Å². The summed E-state index contributed by atoms with van der Waals surface area (Å²) in [6, 6.07) is 45.2. The van der Waals surface area contributed by atoms with Gasteiger partial charge in [-0.25, -0.2) is 9.98 Å². The molecule has 0 unspecified atom stereocenters. The normalized spacial score (nSPS) is 17.0. The van der Waals surface area contributed by atoms with E-state index in [1.807, 2.05) is 6.20 Å². The van der Waals surface area contributed by atoms with Gasteiger partial charge in [-0.1, -0.05) is 108 Å². The molecule has 8 rings (SSSR count). The number of ether oxygens (including phenoxy) is 2. The molecule has 7 aromatic rings. The molecule has 1 aliphatic rings. The van der Waals surface area contributed by atoms with Crippen LogP contribution in [0, 0.1) is 6.92 Å². The van der Waals surface area contributed by atoms with Gasteiger partial charge in [-0.3, -0.25) is 4.57 Å². The van der Waals surface area contributed by atoms with Gasteiger partial charge in [0, 0.05) is 34.5 Å². The van der Waals surface area contributed by atoms with Crippen LogP contribution < -0.4 is 4.74 Å². The van der Waals surface area contributed by atoms with E-state index in [9.17, 15) is 0 Å². The minimum absolute atomic E-state index is 0.0168.